The lowest BCUT2D eigenvalue weighted by molar-refractivity contribution is -0.150. The predicted octanol–water partition coefficient (Wildman–Crippen LogP) is -1.13. The monoisotopic (exact) mass is 568 g/mol. The number of rotatable bonds is 9. The van der Waals surface area contributed by atoms with Crippen LogP contribution >= 0.6 is 34.9 Å². The number of aromatic nitrogens is 4. The van der Waals surface area contributed by atoms with Gasteiger partial charge in [0.1, 0.15) is 29.9 Å². The summed E-state index contributed by atoms with van der Waals surface area (Å²) in [7, 11) is 1.25. The molecule has 2 aromatic heterocycles. The summed E-state index contributed by atoms with van der Waals surface area (Å²) < 4.78 is 1.18. The third kappa shape index (κ3) is 4.98. The molecule has 15 nitrogen and oxygen atoms in total. The standard InChI is InChI=1S/C19H20N8O7S3/c1-3-26-15(31)13(29)23-24-19(26)37-5-7-4-35-16-10(14(30)27(16)11(7)17(32)33)22-12(28)9(25-34-2)8-6-36-18(20)21-8/h6,10,16H,3-5H2,1-2H3,(H2,20,21)(H,22,28)(H,23,29)(H,32,33)/b25-9+. The zero-order valence-electron chi connectivity index (χ0n) is 19.3. The predicted molar refractivity (Wildman–Crippen MR) is 135 cm³/mol. The van der Waals surface area contributed by atoms with E-state index < -0.39 is 40.3 Å². The molecule has 5 N–H and O–H groups in total. The molecule has 2 amide bonds. The number of carbonyl (C=O) groups is 3. The molecule has 2 aromatic rings. The Balaban J connectivity index is 1.52. The molecular weight excluding hydrogens is 548 g/mol. The second-order valence-corrected chi connectivity index (χ2v) is 10.4. The van der Waals surface area contributed by atoms with Crippen molar-refractivity contribution in [2.24, 2.45) is 5.16 Å². The molecule has 4 rings (SSSR count). The lowest BCUT2D eigenvalue weighted by atomic mass is 10.0. The van der Waals surface area contributed by atoms with Gasteiger partial charge in [-0.15, -0.1) is 28.2 Å². The van der Waals surface area contributed by atoms with Crippen molar-refractivity contribution in [3.05, 3.63) is 43.1 Å². The van der Waals surface area contributed by atoms with Gasteiger partial charge in [-0.25, -0.2) is 14.9 Å². The summed E-state index contributed by atoms with van der Waals surface area (Å²) in [4.78, 5) is 71.4. The number of fused-ring (bicyclic) bond motifs is 1. The number of thioether (sulfide) groups is 2. The highest BCUT2D eigenvalue weighted by molar-refractivity contribution is 8.01. The molecule has 0 aromatic carbocycles. The summed E-state index contributed by atoms with van der Waals surface area (Å²) in [6.07, 6.45) is 0. The number of hydrogen-bond acceptors (Lipinski definition) is 13. The van der Waals surface area contributed by atoms with E-state index in [0.29, 0.717) is 5.57 Å². The average Bonchev–Trinajstić information content (AvgIpc) is 3.31. The highest BCUT2D eigenvalue weighted by Crippen LogP contribution is 2.41. The molecule has 1 fully saturated rings. The van der Waals surface area contributed by atoms with Gasteiger partial charge >= 0.3 is 17.1 Å². The number of carboxylic acids is 1. The molecule has 37 heavy (non-hydrogen) atoms. The van der Waals surface area contributed by atoms with Crippen LogP contribution < -0.4 is 22.2 Å². The van der Waals surface area contributed by atoms with Gasteiger partial charge in [-0.2, -0.15) is 0 Å². The van der Waals surface area contributed by atoms with Crippen LogP contribution in [-0.2, 0) is 25.8 Å². The molecule has 2 atom stereocenters. The molecule has 18 heteroatoms. The number of H-pyrrole nitrogens is 1. The number of nitrogens with zero attached hydrogens (tertiary/aromatic N) is 5. The maximum atomic E-state index is 13.0. The molecule has 1 saturated heterocycles. The van der Waals surface area contributed by atoms with E-state index in [4.69, 9.17) is 10.6 Å². The van der Waals surface area contributed by atoms with E-state index in [0.717, 1.165) is 28.0 Å². The fourth-order valence-electron chi connectivity index (χ4n) is 3.65. The van der Waals surface area contributed by atoms with Crippen LogP contribution in [0.5, 0.6) is 0 Å². The van der Waals surface area contributed by atoms with Gasteiger partial charge in [0.25, 0.3) is 11.8 Å². The van der Waals surface area contributed by atoms with Gasteiger partial charge in [0.05, 0.1) is 0 Å². The summed E-state index contributed by atoms with van der Waals surface area (Å²) in [5.41, 5.74) is 4.24. The minimum atomic E-state index is -1.30. The Morgan fingerprint density at radius 2 is 2.16 bits per heavy atom. The molecule has 2 aliphatic heterocycles. The molecule has 196 valence electrons. The summed E-state index contributed by atoms with van der Waals surface area (Å²) in [6, 6.07) is -0.995. The number of nitrogen functional groups attached to an aromatic ring is 1. The summed E-state index contributed by atoms with van der Waals surface area (Å²) in [5, 5.41) is 23.4. The van der Waals surface area contributed by atoms with Crippen molar-refractivity contribution < 1.29 is 24.3 Å². The van der Waals surface area contributed by atoms with Crippen LogP contribution in [-0.4, -0.2) is 83.3 Å². The first-order valence-corrected chi connectivity index (χ1v) is 13.4. The molecule has 2 unspecified atom stereocenters. The number of hydrogen-bond donors (Lipinski definition) is 4. The van der Waals surface area contributed by atoms with Crippen molar-refractivity contribution in [2.75, 3.05) is 24.3 Å². The van der Waals surface area contributed by atoms with Gasteiger partial charge in [0, 0.05) is 23.4 Å². The van der Waals surface area contributed by atoms with Gasteiger partial charge in [0.2, 0.25) is 0 Å². The fourth-order valence-corrected chi connectivity index (χ4v) is 6.70. The van der Waals surface area contributed by atoms with Gasteiger partial charge in [-0.3, -0.25) is 28.6 Å². The highest BCUT2D eigenvalue weighted by Gasteiger charge is 2.54. The van der Waals surface area contributed by atoms with Crippen LogP contribution in [0.1, 0.15) is 12.6 Å². The van der Waals surface area contributed by atoms with Crippen LogP contribution in [0, 0.1) is 0 Å². The Labute approximate surface area is 220 Å². The number of carbonyl (C=O) groups excluding carboxylic acids is 2. The maximum absolute atomic E-state index is 13.0. The maximum Gasteiger partial charge on any atom is 0.352 e. The summed E-state index contributed by atoms with van der Waals surface area (Å²) >= 11 is 3.44. The van der Waals surface area contributed by atoms with Crippen molar-refractivity contribution in [2.45, 2.75) is 30.0 Å². The number of aromatic amines is 1. The van der Waals surface area contributed by atoms with Crippen molar-refractivity contribution in [1.29, 1.82) is 0 Å². The van der Waals surface area contributed by atoms with E-state index in [1.54, 1.807) is 6.92 Å². The minimum absolute atomic E-state index is 0.108. The van der Waals surface area contributed by atoms with Crippen LogP contribution in [0.25, 0.3) is 0 Å². The molecule has 0 radical (unpaired) electrons. The van der Waals surface area contributed by atoms with Crippen LogP contribution in [0.15, 0.2) is 36.6 Å². The van der Waals surface area contributed by atoms with E-state index in [2.05, 4.69) is 25.7 Å². The summed E-state index contributed by atoms with van der Waals surface area (Å²) in [5.74, 6) is -2.28. The van der Waals surface area contributed by atoms with Crippen molar-refractivity contribution in [1.82, 2.24) is 30.0 Å². The third-order valence-corrected chi connectivity index (χ3v) is 8.39. The first kappa shape index (κ1) is 26.4. The molecule has 2 aliphatic rings. The van der Waals surface area contributed by atoms with Crippen LogP contribution in [0.2, 0.25) is 0 Å². The number of carboxylic acid groups (broad SMARTS) is 1. The van der Waals surface area contributed by atoms with Crippen molar-refractivity contribution in [3.8, 4) is 0 Å². The SMILES string of the molecule is CCn1c(SCC2=C(C(=O)O)N3C(=O)C(NC(=O)/C(=N/OC)c4csc(N)n4)C3SC2)n[nH]c(=O)c1=O. The minimum Gasteiger partial charge on any atom is -0.477 e. The van der Waals surface area contributed by atoms with E-state index >= 15 is 0 Å². The highest BCUT2D eigenvalue weighted by atomic mass is 32.2. The topological polar surface area (TPSA) is 215 Å². The lowest BCUT2D eigenvalue weighted by Gasteiger charge is -2.49. The van der Waals surface area contributed by atoms with E-state index in [1.165, 1.54) is 28.8 Å². The van der Waals surface area contributed by atoms with Crippen molar-refractivity contribution >= 4 is 63.5 Å². The zero-order valence-corrected chi connectivity index (χ0v) is 21.7. The number of aliphatic carboxylic acids is 1. The largest absolute Gasteiger partial charge is 0.477 e. The van der Waals surface area contributed by atoms with E-state index in [9.17, 15) is 29.1 Å². The van der Waals surface area contributed by atoms with E-state index in [-0.39, 0.29) is 45.4 Å². The smallest absolute Gasteiger partial charge is 0.352 e. The second kappa shape index (κ2) is 10.8. The second-order valence-electron chi connectivity index (χ2n) is 7.49. The Bertz CT molecular complexity index is 1450. The lowest BCUT2D eigenvalue weighted by Crippen LogP contribution is -2.71. The normalized spacial score (nSPS) is 19.4. The fraction of sp³-hybridized carbons (Fsp3) is 0.368. The first-order valence-electron chi connectivity index (χ1n) is 10.5. The zero-order chi connectivity index (χ0) is 26.9. The number of nitrogens with two attached hydrogens (primary N) is 1. The Morgan fingerprint density at radius 3 is 2.78 bits per heavy atom. The van der Waals surface area contributed by atoms with Gasteiger partial charge in [-0.1, -0.05) is 16.9 Å². The molecule has 4 heterocycles. The average molecular weight is 569 g/mol. The molecule has 0 spiro atoms. The number of thiazole rings is 1. The number of oxime groups is 1. The van der Waals surface area contributed by atoms with E-state index in [1.807, 2.05) is 0 Å². The summed E-state index contributed by atoms with van der Waals surface area (Å²) in [6.45, 7) is 1.88. The van der Waals surface area contributed by atoms with Crippen LogP contribution in [0.4, 0.5) is 5.13 Å². The third-order valence-electron chi connectivity index (χ3n) is 5.31. The van der Waals surface area contributed by atoms with Gasteiger partial charge in [-0.05, 0) is 12.5 Å². The number of amides is 2. The Hall–Kier alpha value is -3.64. The Kier molecular flexibility index (Phi) is 7.69. The van der Waals surface area contributed by atoms with Gasteiger partial charge in [0.15, 0.2) is 16.0 Å². The molecular formula is C19H20N8O7S3. The first-order chi connectivity index (χ1) is 17.7. The molecule has 0 saturated carbocycles. The molecule has 0 aliphatic carbocycles. The van der Waals surface area contributed by atoms with Crippen molar-refractivity contribution in [3.63, 3.8) is 0 Å². The number of nitrogens with one attached hydrogen (secondary N) is 2. The van der Waals surface area contributed by atoms with Gasteiger partial charge < -0.3 is 21.0 Å². The van der Waals surface area contributed by atoms with Crippen LogP contribution in [0.3, 0.4) is 0 Å². The quantitative estimate of drug-likeness (QED) is 0.0929. The number of anilines is 1. The Morgan fingerprint density at radius 1 is 1.41 bits per heavy atom. The number of β-lactam (4-membered cyclic amide) rings is 1. The molecule has 0 bridgehead atoms.